The van der Waals surface area contributed by atoms with E-state index in [0.29, 0.717) is 6.54 Å². The highest BCUT2D eigenvalue weighted by Gasteiger charge is 2.10. The first kappa shape index (κ1) is 14.6. The highest BCUT2D eigenvalue weighted by molar-refractivity contribution is 9.11. The molecular weight excluding hydrogens is 370 g/mol. The lowest BCUT2D eigenvalue weighted by Gasteiger charge is -2.16. The summed E-state index contributed by atoms with van der Waals surface area (Å²) in [4.78, 5) is 0. The summed E-state index contributed by atoms with van der Waals surface area (Å²) in [6.07, 6.45) is -0.527. The van der Waals surface area contributed by atoms with Crippen LogP contribution in [0, 0.1) is 6.92 Å². The highest BCUT2D eigenvalue weighted by atomic mass is 79.9. The summed E-state index contributed by atoms with van der Waals surface area (Å²) in [5.74, 6) is 0. The Balaban J connectivity index is 2.07. The van der Waals surface area contributed by atoms with Gasteiger partial charge in [0.05, 0.1) is 11.8 Å². The zero-order chi connectivity index (χ0) is 13.8. The molecule has 19 heavy (non-hydrogen) atoms. The van der Waals surface area contributed by atoms with E-state index in [4.69, 9.17) is 0 Å². The summed E-state index contributed by atoms with van der Waals surface area (Å²) in [5.41, 5.74) is 3.04. The van der Waals surface area contributed by atoms with E-state index >= 15 is 0 Å². The summed E-state index contributed by atoms with van der Waals surface area (Å²) < 4.78 is 1.97. The van der Waals surface area contributed by atoms with Gasteiger partial charge in [0.1, 0.15) is 0 Å². The Morgan fingerprint density at radius 2 is 1.68 bits per heavy atom. The van der Waals surface area contributed by atoms with E-state index in [0.717, 1.165) is 20.2 Å². The molecule has 0 saturated heterocycles. The first-order valence-electron chi connectivity index (χ1n) is 6.00. The van der Waals surface area contributed by atoms with E-state index in [1.807, 2.05) is 49.4 Å². The predicted molar refractivity (Wildman–Crippen MR) is 86.5 cm³/mol. The van der Waals surface area contributed by atoms with Crippen molar-refractivity contribution in [2.24, 2.45) is 0 Å². The molecule has 100 valence electrons. The van der Waals surface area contributed by atoms with Gasteiger partial charge in [-0.05, 0) is 62.0 Å². The largest absolute Gasteiger partial charge is 0.387 e. The second-order valence-electron chi connectivity index (χ2n) is 4.41. The maximum absolute atomic E-state index is 10.1. The molecule has 0 aliphatic rings. The van der Waals surface area contributed by atoms with Crippen molar-refractivity contribution in [3.05, 3.63) is 62.5 Å². The van der Waals surface area contributed by atoms with Crippen LogP contribution in [0.1, 0.15) is 17.2 Å². The van der Waals surface area contributed by atoms with Gasteiger partial charge in [0.15, 0.2) is 0 Å². The molecule has 0 aromatic heterocycles. The highest BCUT2D eigenvalue weighted by Crippen LogP contribution is 2.32. The van der Waals surface area contributed by atoms with Crippen molar-refractivity contribution in [2.45, 2.75) is 13.0 Å². The molecule has 4 heteroatoms. The van der Waals surface area contributed by atoms with Crippen LogP contribution in [-0.4, -0.2) is 11.7 Å². The molecule has 2 nitrogen and oxygen atoms in total. The van der Waals surface area contributed by atoms with E-state index in [-0.39, 0.29) is 0 Å². The fourth-order valence-corrected chi connectivity index (χ4v) is 3.56. The van der Waals surface area contributed by atoms with Crippen molar-refractivity contribution in [3.63, 3.8) is 0 Å². The van der Waals surface area contributed by atoms with Crippen LogP contribution in [0.25, 0.3) is 0 Å². The molecule has 2 rings (SSSR count). The molecular formula is C15H15Br2NO. The van der Waals surface area contributed by atoms with Crippen molar-refractivity contribution < 1.29 is 5.11 Å². The number of anilines is 1. The van der Waals surface area contributed by atoms with E-state index in [1.54, 1.807) is 0 Å². The number of halogens is 2. The minimum atomic E-state index is -0.527. The third-order valence-corrected chi connectivity index (χ3v) is 4.09. The number of rotatable bonds is 4. The predicted octanol–water partition coefficient (Wildman–Crippen LogP) is 4.67. The lowest BCUT2D eigenvalue weighted by atomic mass is 10.1. The van der Waals surface area contributed by atoms with Crippen molar-refractivity contribution in [3.8, 4) is 0 Å². The van der Waals surface area contributed by atoms with Gasteiger partial charge in [0, 0.05) is 15.5 Å². The number of benzene rings is 2. The van der Waals surface area contributed by atoms with Gasteiger partial charge in [-0.1, -0.05) is 30.3 Å². The van der Waals surface area contributed by atoms with Gasteiger partial charge in [-0.2, -0.15) is 0 Å². The van der Waals surface area contributed by atoms with Crippen molar-refractivity contribution in [1.29, 1.82) is 0 Å². The quantitative estimate of drug-likeness (QED) is 0.802. The zero-order valence-corrected chi connectivity index (χ0v) is 13.7. The molecule has 0 heterocycles. The second-order valence-corrected chi connectivity index (χ2v) is 6.12. The van der Waals surface area contributed by atoms with E-state index in [9.17, 15) is 5.11 Å². The molecule has 0 fully saturated rings. The van der Waals surface area contributed by atoms with E-state index in [2.05, 4.69) is 37.2 Å². The van der Waals surface area contributed by atoms with Crippen LogP contribution in [0.2, 0.25) is 0 Å². The molecule has 0 radical (unpaired) electrons. The standard InChI is InChI=1S/C15H15Br2NO/c1-10-7-12(16)15(13(17)8-10)18-9-14(19)11-5-3-2-4-6-11/h2-8,14,18-19H,9H2,1H3. The van der Waals surface area contributed by atoms with Crippen LogP contribution in [0.15, 0.2) is 51.4 Å². The van der Waals surface area contributed by atoms with Gasteiger partial charge in [0.2, 0.25) is 0 Å². The number of aliphatic hydroxyl groups is 1. The van der Waals surface area contributed by atoms with Crippen LogP contribution < -0.4 is 5.32 Å². The Morgan fingerprint density at radius 1 is 1.11 bits per heavy atom. The smallest absolute Gasteiger partial charge is 0.0962 e. The first-order chi connectivity index (χ1) is 9.08. The lowest BCUT2D eigenvalue weighted by molar-refractivity contribution is 0.191. The number of hydrogen-bond acceptors (Lipinski definition) is 2. The summed E-state index contributed by atoms with van der Waals surface area (Å²) in [5, 5.41) is 13.4. The molecule has 0 bridgehead atoms. The van der Waals surface area contributed by atoms with Crippen molar-refractivity contribution in [1.82, 2.24) is 0 Å². The van der Waals surface area contributed by atoms with Crippen LogP contribution in [0.5, 0.6) is 0 Å². The third-order valence-electron chi connectivity index (χ3n) is 2.84. The SMILES string of the molecule is Cc1cc(Br)c(NCC(O)c2ccccc2)c(Br)c1. The number of nitrogens with one attached hydrogen (secondary N) is 1. The van der Waals surface area contributed by atoms with Crippen molar-refractivity contribution in [2.75, 3.05) is 11.9 Å². The van der Waals surface area contributed by atoms with Gasteiger partial charge in [-0.15, -0.1) is 0 Å². The summed E-state index contributed by atoms with van der Waals surface area (Å²) in [7, 11) is 0. The minimum absolute atomic E-state index is 0.463. The topological polar surface area (TPSA) is 32.3 Å². The van der Waals surface area contributed by atoms with Crippen LogP contribution in [-0.2, 0) is 0 Å². The summed E-state index contributed by atoms with van der Waals surface area (Å²) >= 11 is 7.06. The van der Waals surface area contributed by atoms with Gasteiger partial charge in [-0.3, -0.25) is 0 Å². The van der Waals surface area contributed by atoms with Crippen LogP contribution >= 0.6 is 31.9 Å². The number of aliphatic hydroxyl groups excluding tert-OH is 1. The molecule has 0 aliphatic carbocycles. The Labute approximate surface area is 130 Å². The Morgan fingerprint density at radius 3 is 2.26 bits per heavy atom. The zero-order valence-electron chi connectivity index (χ0n) is 10.5. The summed E-state index contributed by atoms with van der Waals surface area (Å²) in [6, 6.07) is 13.7. The maximum Gasteiger partial charge on any atom is 0.0962 e. The van der Waals surface area contributed by atoms with Crippen molar-refractivity contribution >= 4 is 37.5 Å². The van der Waals surface area contributed by atoms with Gasteiger partial charge >= 0.3 is 0 Å². The first-order valence-corrected chi connectivity index (χ1v) is 7.59. The normalized spacial score (nSPS) is 12.2. The molecule has 0 aliphatic heterocycles. The van der Waals surface area contributed by atoms with Crippen LogP contribution in [0.3, 0.4) is 0 Å². The van der Waals surface area contributed by atoms with Gasteiger partial charge in [0.25, 0.3) is 0 Å². The number of hydrogen-bond donors (Lipinski definition) is 2. The van der Waals surface area contributed by atoms with Crippen LogP contribution in [0.4, 0.5) is 5.69 Å². The Bertz CT molecular complexity index is 534. The third kappa shape index (κ3) is 3.81. The monoisotopic (exact) mass is 383 g/mol. The molecule has 0 saturated carbocycles. The average Bonchev–Trinajstić information content (AvgIpc) is 2.38. The van der Waals surface area contributed by atoms with E-state index < -0.39 is 6.10 Å². The molecule has 2 aromatic carbocycles. The average molecular weight is 385 g/mol. The second kappa shape index (κ2) is 6.55. The molecule has 0 spiro atoms. The maximum atomic E-state index is 10.1. The molecule has 1 atom stereocenters. The molecule has 1 unspecified atom stereocenters. The Hall–Kier alpha value is -0.840. The minimum Gasteiger partial charge on any atom is -0.387 e. The molecule has 2 aromatic rings. The summed E-state index contributed by atoms with van der Waals surface area (Å²) in [6.45, 7) is 2.50. The lowest BCUT2D eigenvalue weighted by Crippen LogP contribution is -2.12. The van der Waals surface area contributed by atoms with Gasteiger partial charge < -0.3 is 10.4 Å². The van der Waals surface area contributed by atoms with E-state index in [1.165, 1.54) is 5.56 Å². The molecule has 2 N–H and O–H groups in total. The Kier molecular flexibility index (Phi) is 5.02. The van der Waals surface area contributed by atoms with Gasteiger partial charge in [-0.25, -0.2) is 0 Å². The number of aryl methyl sites for hydroxylation is 1. The fraction of sp³-hybridized carbons (Fsp3) is 0.200. The fourth-order valence-electron chi connectivity index (χ4n) is 1.86. The molecule has 0 amide bonds.